The average Bonchev–Trinajstić information content (AvgIpc) is 0.814. The van der Waals surface area contributed by atoms with E-state index in [1.165, 1.54) is 28.1 Å². The first-order valence-corrected chi connectivity index (χ1v) is 42.7. The second-order valence-corrected chi connectivity index (χ2v) is 29.7. The molecule has 0 saturated carbocycles. The minimum absolute atomic E-state index is 0.0292. The number of methoxy groups -OCH3 is 1. The highest BCUT2D eigenvalue weighted by Gasteiger charge is 2.22. The smallest absolute Gasteiger partial charge is 0.226 e. The zero-order valence-corrected chi connectivity index (χ0v) is 72.9. The largest absolute Gasteiger partial charge is 0.481 e. The summed E-state index contributed by atoms with van der Waals surface area (Å²) in [6.07, 6.45) is 13.6. The van der Waals surface area contributed by atoms with Crippen molar-refractivity contribution in [3.05, 3.63) is 323 Å². The highest BCUT2D eigenvalue weighted by molar-refractivity contribution is 6.00. The molecule has 0 atom stereocenters. The van der Waals surface area contributed by atoms with E-state index >= 15 is 0 Å². The van der Waals surface area contributed by atoms with Gasteiger partial charge in [0.25, 0.3) is 0 Å². The summed E-state index contributed by atoms with van der Waals surface area (Å²) in [6, 6.07) is 69.6. The van der Waals surface area contributed by atoms with Gasteiger partial charge in [-0.05, 0) is 187 Å². The lowest BCUT2D eigenvalue weighted by molar-refractivity contribution is -0.119. The van der Waals surface area contributed by atoms with Gasteiger partial charge in [-0.2, -0.15) is 4.39 Å². The molecule has 4 heterocycles. The van der Waals surface area contributed by atoms with Gasteiger partial charge in [0.05, 0.1) is 18.5 Å². The van der Waals surface area contributed by atoms with Gasteiger partial charge >= 0.3 is 0 Å². The number of anilines is 5. The van der Waals surface area contributed by atoms with Gasteiger partial charge in [-0.3, -0.25) is 43.3 Å². The van der Waals surface area contributed by atoms with Gasteiger partial charge in [0.1, 0.15) is 17.5 Å². The molecule has 646 valence electrons. The SMILES string of the molecule is CCC(=O)N(CC)c1ccc(-c2ccc(C(=O)CCc3ccc(N)nc3)cc2)cc1F.CCC(=O)N(CC)c1ccc(-c2ccc(C(=O)CCc3ccc(OC)nc3)cc2)cc1F.CCCN(C(=O)CC)c1ccc(-c2ccc(C(=O)CCc3cccnc3C)cc2)cc1.CCCN(C(=O)CC)c1ccc(-c2ccc(C(=O)CCc3cccnc3F)cc2)cc1. The first kappa shape index (κ1) is 95.2. The van der Waals surface area contributed by atoms with E-state index < -0.39 is 17.6 Å². The molecule has 125 heavy (non-hydrogen) atoms. The van der Waals surface area contributed by atoms with Gasteiger partial charge < -0.3 is 30.1 Å². The Balaban J connectivity index is 0.000000189. The van der Waals surface area contributed by atoms with Crippen molar-refractivity contribution in [1.82, 2.24) is 19.9 Å². The lowest BCUT2D eigenvalue weighted by Gasteiger charge is -2.22. The maximum atomic E-state index is 14.7. The molecule has 0 aliphatic rings. The monoisotopic (exact) mass is 1690 g/mol. The van der Waals surface area contributed by atoms with Crippen LogP contribution < -0.4 is 30.1 Å². The molecule has 0 fully saturated rings. The minimum atomic E-state index is -0.521. The van der Waals surface area contributed by atoms with Crippen molar-refractivity contribution < 1.29 is 56.3 Å². The minimum Gasteiger partial charge on any atom is -0.481 e. The van der Waals surface area contributed by atoms with Crippen LogP contribution >= 0.6 is 0 Å². The van der Waals surface area contributed by atoms with Crippen LogP contribution in [0.4, 0.5) is 41.7 Å². The van der Waals surface area contributed by atoms with Crippen molar-refractivity contribution in [3.8, 4) is 50.4 Å². The molecule has 21 heteroatoms. The molecule has 0 unspecified atom stereocenters. The molecular formula is C104H110F3N9O9. The number of carbonyl (C=O) groups is 8. The molecule has 2 N–H and O–H groups in total. The number of benzene rings is 8. The van der Waals surface area contributed by atoms with Crippen molar-refractivity contribution >= 4 is 75.3 Å². The molecule has 4 aromatic heterocycles. The first-order chi connectivity index (χ1) is 60.4. The number of rotatable bonds is 35. The zero-order valence-electron chi connectivity index (χ0n) is 72.9. The summed E-state index contributed by atoms with van der Waals surface area (Å²) < 4.78 is 48.1. The van der Waals surface area contributed by atoms with Crippen LogP contribution in [-0.4, -0.2) is 100.0 Å². The summed E-state index contributed by atoms with van der Waals surface area (Å²) in [5.41, 5.74) is 22.1. The Kier molecular flexibility index (Phi) is 36.7. The molecule has 0 bridgehead atoms. The van der Waals surface area contributed by atoms with E-state index in [0.717, 1.165) is 92.1 Å². The van der Waals surface area contributed by atoms with Gasteiger partial charge in [-0.15, -0.1) is 0 Å². The number of pyridine rings is 4. The highest BCUT2D eigenvalue weighted by atomic mass is 19.1. The molecule has 12 rings (SSSR count). The van der Waals surface area contributed by atoms with E-state index in [-0.39, 0.29) is 64.6 Å². The quantitative estimate of drug-likeness (QED) is 0.0287. The van der Waals surface area contributed by atoms with Gasteiger partial charge in [-0.1, -0.05) is 199 Å². The Morgan fingerprint density at radius 1 is 0.352 bits per heavy atom. The van der Waals surface area contributed by atoms with E-state index in [1.807, 2.05) is 166 Å². The summed E-state index contributed by atoms with van der Waals surface area (Å²) in [5.74, 6) is -0.232. The lowest BCUT2D eigenvalue weighted by atomic mass is 9.99. The highest BCUT2D eigenvalue weighted by Crippen LogP contribution is 2.33. The van der Waals surface area contributed by atoms with Crippen LogP contribution in [0, 0.1) is 24.5 Å². The van der Waals surface area contributed by atoms with Crippen LogP contribution in [0.3, 0.4) is 0 Å². The topological polar surface area (TPSA) is 236 Å². The third-order valence-electron chi connectivity index (χ3n) is 21.3. The fraction of sp³-hybridized carbons (Fsp3) is 0.269. The average molecular weight is 1690 g/mol. The molecule has 4 amide bonds. The van der Waals surface area contributed by atoms with E-state index in [0.29, 0.717) is 135 Å². The van der Waals surface area contributed by atoms with Crippen LogP contribution in [0.15, 0.2) is 255 Å². The maximum absolute atomic E-state index is 14.7. The molecule has 0 spiro atoms. The lowest BCUT2D eigenvalue weighted by Crippen LogP contribution is -2.30. The van der Waals surface area contributed by atoms with E-state index in [4.69, 9.17) is 10.5 Å². The number of carbonyl (C=O) groups excluding carboxylic acids is 8. The number of Topliss-reactive ketones (excluding diaryl/α,β-unsaturated/α-hetero) is 4. The summed E-state index contributed by atoms with van der Waals surface area (Å²) in [5, 5.41) is 0. The summed E-state index contributed by atoms with van der Waals surface area (Å²) in [7, 11) is 1.56. The number of aromatic nitrogens is 4. The molecular weight excluding hydrogens is 1580 g/mol. The normalized spacial score (nSPS) is 10.7. The predicted molar refractivity (Wildman–Crippen MR) is 493 cm³/mol. The Hall–Kier alpha value is -13.7. The maximum Gasteiger partial charge on any atom is 0.226 e. The number of hydrogen-bond donors (Lipinski definition) is 1. The number of nitrogen functional groups attached to an aromatic ring is 1. The third-order valence-corrected chi connectivity index (χ3v) is 21.3. The number of halogens is 3. The molecule has 8 aromatic carbocycles. The Morgan fingerprint density at radius 2 is 0.680 bits per heavy atom. The number of aryl methyl sites for hydroxylation is 5. The third kappa shape index (κ3) is 27.2. The van der Waals surface area contributed by atoms with E-state index in [2.05, 4.69) is 33.8 Å². The first-order valence-electron chi connectivity index (χ1n) is 42.7. The summed E-state index contributed by atoms with van der Waals surface area (Å²) in [4.78, 5) is 121. The van der Waals surface area contributed by atoms with Gasteiger partial charge in [0.15, 0.2) is 23.1 Å². The molecule has 18 nitrogen and oxygen atoms in total. The zero-order chi connectivity index (χ0) is 89.9. The number of hydrogen-bond acceptors (Lipinski definition) is 14. The molecule has 0 aliphatic heterocycles. The molecule has 12 aromatic rings. The number of nitrogens with two attached hydrogens (primary N) is 1. The summed E-state index contributed by atoms with van der Waals surface area (Å²) in [6.45, 7) is 19.3. The standard InChI is InChI=1S/C27H30N2O2.C26H27FN2O3.C26H27FN2O2.C25H26FN3O2/c1-4-19-29(27(31)5-2)25-15-12-23(13-16-25)22-8-10-24(11-9-22)26(30)17-14-21-7-6-18-28-20(21)3;1-4-26(31)29(5-2)23-13-12-21(16-22(23)27)19-8-10-20(11-9-19)24(30)14-6-18-7-15-25(32-3)28-17-18;1-3-18-29(25(31)4-2)23-14-11-20(12-15-23)19-7-9-21(10-8-19)24(30)16-13-22-6-5-17-28-26(22)27;1-3-25(31)29(4-2)22-12-11-20(15-21(22)26)18-7-9-19(10-8-18)23(30)13-5-17-6-14-24(27)28-16-17/h6-13,15-16,18H,4-5,14,17,19H2,1-3H3;7-13,15-17H,4-6,14H2,1-3H3;5-12,14-15,17H,3-4,13,16,18H2,1-2H3;6-12,14-16H,3-5,13H2,1-2H3,(H2,27,28). The van der Waals surface area contributed by atoms with E-state index in [9.17, 15) is 51.5 Å². The van der Waals surface area contributed by atoms with Crippen LogP contribution in [0.2, 0.25) is 0 Å². The Labute approximate surface area is 731 Å². The van der Waals surface area contributed by atoms with Crippen LogP contribution in [0.5, 0.6) is 5.88 Å². The fourth-order valence-corrected chi connectivity index (χ4v) is 14.1. The van der Waals surface area contributed by atoms with Gasteiger partial charge in [-0.25, -0.2) is 23.7 Å². The van der Waals surface area contributed by atoms with Crippen LogP contribution in [0.25, 0.3) is 44.5 Å². The van der Waals surface area contributed by atoms with Crippen molar-refractivity contribution in [3.63, 3.8) is 0 Å². The van der Waals surface area contributed by atoms with Crippen molar-refractivity contribution in [2.45, 2.75) is 152 Å². The molecule has 0 aliphatic carbocycles. The second kappa shape index (κ2) is 48.2. The predicted octanol–water partition coefficient (Wildman–Crippen LogP) is 22.4. The number of amides is 4. The Morgan fingerprint density at radius 3 is 1.00 bits per heavy atom. The van der Waals surface area contributed by atoms with Crippen molar-refractivity contribution in [2.75, 3.05) is 58.6 Å². The van der Waals surface area contributed by atoms with Crippen molar-refractivity contribution in [1.29, 1.82) is 0 Å². The van der Waals surface area contributed by atoms with Crippen molar-refractivity contribution in [2.24, 2.45) is 0 Å². The number of ketones is 4. The van der Waals surface area contributed by atoms with Crippen LogP contribution in [-0.2, 0) is 44.9 Å². The summed E-state index contributed by atoms with van der Waals surface area (Å²) >= 11 is 0. The van der Waals surface area contributed by atoms with Gasteiger partial charge in [0, 0.05) is 153 Å². The second-order valence-electron chi connectivity index (χ2n) is 29.7. The van der Waals surface area contributed by atoms with E-state index in [1.54, 1.807) is 137 Å². The fourth-order valence-electron chi connectivity index (χ4n) is 14.1. The number of nitrogens with zero attached hydrogens (tertiary/aromatic N) is 8. The number of ether oxygens (including phenoxy) is 1. The van der Waals surface area contributed by atoms with Crippen LogP contribution in [0.1, 0.15) is 189 Å². The van der Waals surface area contributed by atoms with Gasteiger partial charge in [0.2, 0.25) is 35.5 Å². The molecule has 0 saturated heterocycles. The molecule has 0 radical (unpaired) electrons. The Bertz CT molecular complexity index is 5410.